The number of rotatable bonds is 1. The van der Waals surface area contributed by atoms with E-state index in [0.717, 1.165) is 0 Å². The fourth-order valence-electron chi connectivity index (χ4n) is 4.16. The number of aryl methyl sites for hydroxylation is 6. The average Bonchev–Trinajstić information content (AvgIpc) is 3.39. The maximum absolute atomic E-state index is 2.35. The largest absolute Gasteiger partial charge is 0.165 e. The molecule has 0 nitrogen and oxygen atoms in total. The molecule has 5 aromatic carbocycles. The zero-order chi connectivity index (χ0) is 24.1. The van der Waals surface area contributed by atoms with Gasteiger partial charge in [0, 0.05) is 0 Å². The van der Waals surface area contributed by atoms with Crippen LogP contribution in [0.1, 0.15) is 33.4 Å². The van der Waals surface area contributed by atoms with Crippen LogP contribution in [0.2, 0.25) is 6.55 Å². The van der Waals surface area contributed by atoms with Gasteiger partial charge in [-0.3, -0.25) is 0 Å². The van der Waals surface area contributed by atoms with Crippen molar-refractivity contribution in [2.45, 2.75) is 48.1 Å². The van der Waals surface area contributed by atoms with Crippen molar-refractivity contribution < 1.29 is 23.3 Å². The van der Waals surface area contributed by atoms with Crippen molar-refractivity contribution >= 4 is 32.2 Å². The first kappa shape index (κ1) is 25.6. The van der Waals surface area contributed by atoms with E-state index in [-0.39, 0.29) is 5.43 Å². The first-order valence-electron chi connectivity index (χ1n) is 11.5. The number of fused-ring (bicyclic) bond motifs is 2. The third-order valence-electron chi connectivity index (χ3n) is 6.14. The van der Waals surface area contributed by atoms with Crippen LogP contribution in [0.5, 0.6) is 0 Å². The Morgan fingerprint density at radius 3 is 1.30 bits per heavy atom. The summed E-state index contributed by atoms with van der Waals surface area (Å²) in [6, 6.07) is 28.6. The van der Waals surface area contributed by atoms with Crippen molar-refractivity contribution in [2.24, 2.45) is 0 Å². The van der Waals surface area contributed by atoms with E-state index in [4.69, 9.17) is 0 Å². The summed E-state index contributed by atoms with van der Waals surface area (Å²) in [6.45, 7) is 15.3. The maximum atomic E-state index is 2.35. The molecule has 0 aromatic heterocycles. The van der Waals surface area contributed by atoms with Crippen LogP contribution in [0.25, 0.3) is 21.5 Å². The summed E-state index contributed by atoms with van der Waals surface area (Å²) < 4.78 is 0. The van der Waals surface area contributed by atoms with E-state index in [9.17, 15) is 0 Å². The van der Waals surface area contributed by atoms with Gasteiger partial charge >= 0.3 is 70.8 Å². The molecular formula is C31H34SiZr. The van der Waals surface area contributed by atoms with Crippen LogP contribution in [-0.4, -0.2) is 5.43 Å². The molecule has 33 heavy (non-hydrogen) atoms. The van der Waals surface area contributed by atoms with E-state index in [1.165, 1.54) is 54.9 Å². The van der Waals surface area contributed by atoms with Crippen molar-refractivity contribution in [3.63, 3.8) is 0 Å². The summed E-state index contributed by atoms with van der Waals surface area (Å²) in [6.07, 6.45) is 0. The van der Waals surface area contributed by atoms with Crippen LogP contribution >= 0.6 is 0 Å². The second-order valence-corrected chi connectivity index (χ2v) is 16.5. The molecule has 166 valence electrons. The molecular weight excluding hydrogens is 492 g/mol. The van der Waals surface area contributed by atoms with Crippen LogP contribution in [0, 0.1) is 41.5 Å². The second kappa shape index (κ2) is 11.4. The first-order valence-corrected chi connectivity index (χ1v) is 17.2. The summed E-state index contributed by atoms with van der Waals surface area (Å²) in [5.74, 6) is 0. The van der Waals surface area contributed by atoms with Crippen LogP contribution in [-0.2, 0) is 23.3 Å². The Morgan fingerprint density at radius 1 is 0.576 bits per heavy atom. The Bertz CT molecular complexity index is 1220. The molecule has 5 rings (SSSR count). The predicted molar refractivity (Wildman–Crippen MR) is 145 cm³/mol. The normalized spacial score (nSPS) is 10.5. The van der Waals surface area contributed by atoms with E-state index in [1.807, 2.05) is 0 Å². The van der Waals surface area contributed by atoms with E-state index >= 15 is 0 Å². The molecule has 0 spiro atoms. The fraction of sp³-hybridized carbons (Fsp3) is 0.226. The summed E-state index contributed by atoms with van der Waals surface area (Å²) in [5, 5.41) is 7.20. The molecule has 5 aromatic rings. The van der Waals surface area contributed by atoms with Gasteiger partial charge in [0.15, 0.2) is 0 Å². The van der Waals surface area contributed by atoms with Gasteiger partial charge in [-0.2, -0.15) is 12.1 Å². The quantitative estimate of drug-likeness (QED) is 0.153. The van der Waals surface area contributed by atoms with Crippen molar-refractivity contribution in [3.05, 3.63) is 112 Å². The van der Waals surface area contributed by atoms with Crippen molar-refractivity contribution in [2.75, 3.05) is 0 Å². The van der Waals surface area contributed by atoms with Gasteiger partial charge in [-0.1, -0.05) is 51.0 Å². The molecule has 0 aliphatic carbocycles. The van der Waals surface area contributed by atoms with Gasteiger partial charge in [-0.05, 0) is 13.8 Å². The Labute approximate surface area is 214 Å². The molecule has 0 unspecified atom stereocenters. The minimum Gasteiger partial charge on any atom is -0.165 e. The van der Waals surface area contributed by atoms with Crippen LogP contribution in [0.15, 0.2) is 78.9 Å². The molecule has 0 bridgehead atoms. The zero-order valence-corrected chi connectivity index (χ0v) is 24.5. The van der Waals surface area contributed by atoms with E-state index < -0.39 is 0 Å². The molecule has 0 atom stereocenters. The van der Waals surface area contributed by atoms with Gasteiger partial charge in [0.1, 0.15) is 0 Å². The monoisotopic (exact) mass is 524 g/mol. The molecule has 0 saturated carbocycles. The molecule has 0 heterocycles. The van der Waals surface area contributed by atoms with E-state index in [0.29, 0.717) is 0 Å². The third-order valence-corrected chi connectivity index (χ3v) is 9.47. The molecule has 2 heteroatoms. The Hall–Kier alpha value is -2.02. The smallest absolute Gasteiger partial charge is 0.0488 e. The predicted octanol–water partition coefficient (Wildman–Crippen LogP) is 8.03. The van der Waals surface area contributed by atoms with E-state index in [1.54, 1.807) is 28.5 Å². The number of benzene rings is 3. The first-order chi connectivity index (χ1) is 15.7. The summed E-state index contributed by atoms with van der Waals surface area (Å²) in [4.78, 5) is 0. The van der Waals surface area contributed by atoms with Gasteiger partial charge in [0.2, 0.25) is 0 Å². The average molecular weight is 526 g/mol. The van der Waals surface area contributed by atoms with E-state index in [2.05, 4.69) is 127 Å². The number of hydrogen-bond donors (Lipinski definition) is 0. The molecule has 0 saturated heterocycles. The maximum Gasteiger partial charge on any atom is -0.0488 e. The summed E-state index contributed by atoms with van der Waals surface area (Å²) >= 11 is 1.69. The molecule has 0 fully saturated rings. The minimum absolute atomic E-state index is 0.122. The summed E-state index contributed by atoms with van der Waals surface area (Å²) in [7, 11) is 0. The molecule has 0 radical (unpaired) electrons. The van der Waals surface area contributed by atoms with Gasteiger partial charge in [0.05, 0.1) is 0 Å². The van der Waals surface area contributed by atoms with Gasteiger partial charge < -0.3 is 0 Å². The third kappa shape index (κ3) is 6.52. The molecule has 0 aliphatic rings. The fourth-order valence-corrected chi connectivity index (χ4v) is 6.08. The van der Waals surface area contributed by atoms with Gasteiger partial charge in [-0.15, -0.1) is 68.1 Å². The Kier molecular flexibility index (Phi) is 8.85. The van der Waals surface area contributed by atoms with Crippen molar-refractivity contribution in [1.29, 1.82) is 0 Å². The van der Waals surface area contributed by atoms with Crippen LogP contribution in [0.4, 0.5) is 0 Å². The Balaban J connectivity index is 0.000000141. The van der Waals surface area contributed by atoms with Gasteiger partial charge in [0.25, 0.3) is 0 Å². The zero-order valence-electron chi connectivity index (χ0n) is 21.0. The number of hydrogen-bond acceptors (Lipinski definition) is 0. The SMILES string of the molecule is C[Si](=[Zr+2])c1ccccc1.Cc1cc2c(C)ccc(C)c2[cH-]1.Cc1cc2c(C)ccc(C)c2[cH-]1. The standard InChI is InChI=1S/2C12H13.C7H8Si.Zr/c2*1-8-6-11-9(2)4-5-10(3)12(11)7-8;1-8-7-5-3-2-4-6-7;/h2*4-7H,1-3H3;2-6H,1H3;/q2*-1;;+2. The Morgan fingerprint density at radius 2 is 0.970 bits per heavy atom. The summed E-state index contributed by atoms with van der Waals surface area (Å²) in [5.41, 5.74) is 8.12. The molecule has 0 aliphatic heterocycles. The van der Waals surface area contributed by atoms with Gasteiger partial charge in [-0.25, -0.2) is 0 Å². The van der Waals surface area contributed by atoms with Crippen LogP contribution < -0.4 is 5.19 Å². The van der Waals surface area contributed by atoms with Crippen molar-refractivity contribution in [3.8, 4) is 0 Å². The molecule has 0 amide bonds. The minimum atomic E-state index is -0.122. The molecule has 0 N–H and O–H groups in total. The van der Waals surface area contributed by atoms with Crippen LogP contribution in [0.3, 0.4) is 0 Å². The topological polar surface area (TPSA) is 0 Å². The van der Waals surface area contributed by atoms with Crippen molar-refractivity contribution in [1.82, 2.24) is 0 Å². The second-order valence-electron chi connectivity index (χ2n) is 9.11.